The summed E-state index contributed by atoms with van der Waals surface area (Å²) in [6.45, 7) is 1.78. The Hall–Kier alpha value is -1.26. The Morgan fingerprint density at radius 2 is 2.11 bits per heavy atom. The molecular weight excluding hydrogens is 277 g/mol. The average Bonchev–Trinajstić information content (AvgIpc) is 2.35. The Labute approximate surface area is 115 Å². The van der Waals surface area contributed by atoms with Crippen molar-refractivity contribution in [2.45, 2.75) is 6.92 Å². The summed E-state index contributed by atoms with van der Waals surface area (Å²) >= 11 is 11.3. The average molecular weight is 290 g/mol. The first-order chi connectivity index (χ1) is 8.58. The molecule has 1 rings (SSSR count). The second-order valence-corrected chi connectivity index (χ2v) is 4.14. The highest BCUT2D eigenvalue weighted by Crippen LogP contribution is 2.20. The van der Waals surface area contributed by atoms with Gasteiger partial charge in [0.1, 0.15) is 0 Å². The van der Waals surface area contributed by atoms with Crippen LogP contribution in [0.3, 0.4) is 0 Å². The number of rotatable bonds is 5. The van der Waals surface area contributed by atoms with E-state index < -0.39 is 6.09 Å². The maximum absolute atomic E-state index is 11.8. The van der Waals surface area contributed by atoms with Crippen molar-refractivity contribution in [1.82, 2.24) is 0 Å². The summed E-state index contributed by atoms with van der Waals surface area (Å²) in [6, 6.07) is 6.62. The van der Waals surface area contributed by atoms with Crippen LogP contribution < -0.4 is 4.90 Å². The summed E-state index contributed by atoms with van der Waals surface area (Å²) < 4.78 is 4.89. The third kappa shape index (κ3) is 4.20. The predicted octanol–water partition coefficient (Wildman–Crippen LogP) is 3.11. The van der Waals surface area contributed by atoms with Crippen molar-refractivity contribution in [2.24, 2.45) is 0 Å². The van der Waals surface area contributed by atoms with Crippen LogP contribution in [0.15, 0.2) is 24.3 Å². The minimum Gasteiger partial charge on any atom is -0.449 e. The number of carbonyl (C=O) groups excluding carboxylic acids is 2. The Kier molecular flexibility index (Phi) is 5.95. The lowest BCUT2D eigenvalue weighted by molar-refractivity contribution is -0.115. The van der Waals surface area contributed by atoms with Gasteiger partial charge in [0, 0.05) is 10.7 Å². The summed E-state index contributed by atoms with van der Waals surface area (Å²) in [5.74, 6) is -0.430. The van der Waals surface area contributed by atoms with E-state index in [2.05, 4.69) is 0 Å². The second-order valence-electron chi connectivity index (χ2n) is 3.44. The SMILES string of the molecule is CCOC(=O)N(CC(=O)CCl)c1cccc(Cl)c1. The standard InChI is InChI=1S/C12H13Cl2NO3/c1-2-18-12(17)15(8-11(16)7-13)10-5-3-4-9(14)6-10/h3-6H,2,7-8H2,1H3. The lowest BCUT2D eigenvalue weighted by Gasteiger charge is -2.21. The first-order valence-electron chi connectivity index (χ1n) is 5.36. The molecule has 0 saturated heterocycles. The molecule has 4 nitrogen and oxygen atoms in total. The zero-order valence-corrected chi connectivity index (χ0v) is 11.4. The van der Waals surface area contributed by atoms with Crippen LogP contribution in [0.4, 0.5) is 10.5 Å². The van der Waals surface area contributed by atoms with E-state index in [9.17, 15) is 9.59 Å². The summed E-state index contributed by atoms with van der Waals surface area (Å²) in [5, 5.41) is 0.472. The molecule has 18 heavy (non-hydrogen) atoms. The molecule has 0 radical (unpaired) electrons. The molecule has 0 atom stereocenters. The molecule has 0 N–H and O–H groups in total. The minimum absolute atomic E-state index is 0.136. The van der Waals surface area contributed by atoms with Crippen LogP contribution in [0.25, 0.3) is 0 Å². The van der Waals surface area contributed by atoms with Gasteiger partial charge in [-0.25, -0.2) is 4.79 Å². The Balaban J connectivity index is 2.96. The highest BCUT2D eigenvalue weighted by Gasteiger charge is 2.19. The molecule has 0 heterocycles. The lowest BCUT2D eigenvalue weighted by atomic mass is 10.3. The van der Waals surface area contributed by atoms with Crippen molar-refractivity contribution < 1.29 is 14.3 Å². The Morgan fingerprint density at radius 3 is 2.67 bits per heavy atom. The maximum atomic E-state index is 11.8. The van der Waals surface area contributed by atoms with Crippen LogP contribution in [0.5, 0.6) is 0 Å². The second kappa shape index (κ2) is 7.24. The van der Waals surface area contributed by atoms with Crippen LogP contribution in [-0.4, -0.2) is 30.9 Å². The van der Waals surface area contributed by atoms with Crippen LogP contribution in [0, 0.1) is 0 Å². The van der Waals surface area contributed by atoms with Crippen LogP contribution in [-0.2, 0) is 9.53 Å². The van der Waals surface area contributed by atoms with Gasteiger partial charge in [-0.3, -0.25) is 9.69 Å². The van der Waals surface area contributed by atoms with Gasteiger partial charge in [0.15, 0.2) is 5.78 Å². The van der Waals surface area contributed by atoms with E-state index in [1.54, 1.807) is 31.2 Å². The third-order valence-electron chi connectivity index (χ3n) is 2.09. The summed E-state index contributed by atoms with van der Waals surface area (Å²) in [4.78, 5) is 24.4. The van der Waals surface area contributed by atoms with Crippen LogP contribution >= 0.6 is 23.2 Å². The van der Waals surface area contributed by atoms with Gasteiger partial charge in [-0.05, 0) is 25.1 Å². The first-order valence-corrected chi connectivity index (χ1v) is 6.27. The molecule has 1 aromatic rings. The number of halogens is 2. The van der Waals surface area contributed by atoms with Crippen LogP contribution in [0.1, 0.15) is 6.92 Å². The van der Waals surface area contributed by atoms with Gasteiger partial charge in [-0.2, -0.15) is 0 Å². The van der Waals surface area contributed by atoms with Crippen molar-refractivity contribution in [1.29, 1.82) is 0 Å². The van der Waals surface area contributed by atoms with E-state index in [1.165, 1.54) is 4.90 Å². The van der Waals surface area contributed by atoms with E-state index >= 15 is 0 Å². The number of alkyl halides is 1. The van der Waals surface area contributed by atoms with E-state index in [-0.39, 0.29) is 24.8 Å². The lowest BCUT2D eigenvalue weighted by Crippen LogP contribution is -2.36. The molecule has 1 amide bonds. The number of anilines is 1. The van der Waals surface area contributed by atoms with Gasteiger partial charge in [-0.15, -0.1) is 11.6 Å². The molecule has 0 aliphatic heterocycles. The number of ether oxygens (including phenoxy) is 1. The third-order valence-corrected chi connectivity index (χ3v) is 2.62. The predicted molar refractivity (Wildman–Crippen MR) is 71.5 cm³/mol. The monoisotopic (exact) mass is 289 g/mol. The largest absolute Gasteiger partial charge is 0.449 e. The summed E-state index contributed by atoms with van der Waals surface area (Å²) in [6.07, 6.45) is -0.599. The number of hydrogen-bond donors (Lipinski definition) is 0. The molecular formula is C12H13Cl2NO3. The van der Waals surface area contributed by atoms with Crippen molar-refractivity contribution in [3.63, 3.8) is 0 Å². The number of hydrogen-bond acceptors (Lipinski definition) is 3. The molecule has 0 fully saturated rings. The number of Topliss-reactive ketones (excluding diaryl/α,β-unsaturated/α-hetero) is 1. The molecule has 0 saturated carbocycles. The number of benzene rings is 1. The first kappa shape index (κ1) is 14.8. The number of amides is 1. The summed E-state index contributed by atoms with van der Waals surface area (Å²) in [7, 11) is 0. The molecule has 98 valence electrons. The van der Waals surface area contributed by atoms with Gasteiger partial charge in [-0.1, -0.05) is 17.7 Å². The molecule has 0 bridgehead atoms. The van der Waals surface area contributed by atoms with E-state index in [4.69, 9.17) is 27.9 Å². The normalized spacial score (nSPS) is 9.94. The molecule has 0 aromatic heterocycles. The van der Waals surface area contributed by atoms with Crippen LogP contribution in [0.2, 0.25) is 5.02 Å². The highest BCUT2D eigenvalue weighted by atomic mass is 35.5. The van der Waals surface area contributed by atoms with E-state index in [0.29, 0.717) is 10.7 Å². The zero-order valence-electron chi connectivity index (χ0n) is 9.86. The molecule has 1 aromatic carbocycles. The molecule has 0 aliphatic rings. The van der Waals surface area contributed by atoms with Gasteiger partial charge in [0.25, 0.3) is 0 Å². The fourth-order valence-corrected chi connectivity index (χ4v) is 1.59. The highest BCUT2D eigenvalue weighted by molar-refractivity contribution is 6.31. The fraction of sp³-hybridized carbons (Fsp3) is 0.333. The minimum atomic E-state index is -0.599. The molecule has 0 aliphatic carbocycles. The fourth-order valence-electron chi connectivity index (χ4n) is 1.33. The Bertz CT molecular complexity index is 437. The van der Waals surface area contributed by atoms with E-state index in [0.717, 1.165) is 0 Å². The quantitative estimate of drug-likeness (QED) is 0.783. The van der Waals surface area contributed by atoms with E-state index in [1.807, 2.05) is 0 Å². The maximum Gasteiger partial charge on any atom is 0.414 e. The Morgan fingerprint density at radius 1 is 1.39 bits per heavy atom. The van der Waals surface area contributed by atoms with Gasteiger partial charge in [0.05, 0.1) is 19.0 Å². The van der Waals surface area contributed by atoms with Crippen molar-refractivity contribution in [2.75, 3.05) is 23.9 Å². The van der Waals surface area contributed by atoms with Crippen molar-refractivity contribution >= 4 is 40.8 Å². The van der Waals surface area contributed by atoms with Crippen molar-refractivity contribution in [3.8, 4) is 0 Å². The topological polar surface area (TPSA) is 46.6 Å². The summed E-state index contributed by atoms with van der Waals surface area (Å²) in [5.41, 5.74) is 0.499. The zero-order chi connectivity index (χ0) is 13.5. The number of nitrogens with zero attached hydrogens (tertiary/aromatic N) is 1. The molecule has 6 heteroatoms. The number of carbonyl (C=O) groups is 2. The van der Waals surface area contributed by atoms with Gasteiger partial charge >= 0.3 is 6.09 Å². The molecule has 0 unspecified atom stereocenters. The van der Waals surface area contributed by atoms with Crippen molar-refractivity contribution in [3.05, 3.63) is 29.3 Å². The van der Waals surface area contributed by atoms with Gasteiger partial charge < -0.3 is 4.74 Å². The molecule has 0 spiro atoms. The number of ketones is 1. The smallest absolute Gasteiger partial charge is 0.414 e. The van der Waals surface area contributed by atoms with Gasteiger partial charge in [0.2, 0.25) is 0 Å².